The lowest BCUT2D eigenvalue weighted by Crippen LogP contribution is -1.92. The molecule has 5 heteroatoms. The van der Waals surface area contributed by atoms with Gasteiger partial charge in [-0.2, -0.15) is 5.10 Å². The molecule has 0 amide bonds. The van der Waals surface area contributed by atoms with Gasteiger partial charge in [-0.25, -0.2) is 4.98 Å². The van der Waals surface area contributed by atoms with E-state index in [1.54, 1.807) is 19.5 Å². The lowest BCUT2D eigenvalue weighted by molar-refractivity contribution is 0.414. The molecule has 0 fully saturated rings. The molecule has 5 nitrogen and oxygen atoms in total. The van der Waals surface area contributed by atoms with Crippen LogP contribution in [0.15, 0.2) is 67.1 Å². The SMILES string of the molecule is COc1cc(-c2nn(C)cc2-c2ccncc2)ccc1C#Cc1cccc(C)n1. The Morgan fingerprint density at radius 3 is 2.55 bits per heavy atom. The second-order valence-electron chi connectivity index (χ2n) is 6.63. The lowest BCUT2D eigenvalue weighted by atomic mass is 10.0. The molecule has 0 aliphatic carbocycles. The summed E-state index contributed by atoms with van der Waals surface area (Å²) in [5.41, 5.74) is 6.45. The van der Waals surface area contributed by atoms with E-state index in [-0.39, 0.29) is 0 Å². The van der Waals surface area contributed by atoms with Gasteiger partial charge in [-0.1, -0.05) is 18.1 Å². The van der Waals surface area contributed by atoms with Crippen molar-refractivity contribution in [2.24, 2.45) is 7.05 Å². The van der Waals surface area contributed by atoms with Crippen LogP contribution in [0.5, 0.6) is 5.75 Å². The predicted octanol–water partition coefficient (Wildman–Crippen LogP) is 4.26. The molecule has 142 valence electrons. The highest BCUT2D eigenvalue weighted by molar-refractivity contribution is 5.81. The number of nitrogens with zero attached hydrogens (tertiary/aromatic N) is 4. The predicted molar refractivity (Wildman–Crippen MR) is 113 cm³/mol. The summed E-state index contributed by atoms with van der Waals surface area (Å²) in [6, 6.07) is 15.7. The summed E-state index contributed by atoms with van der Waals surface area (Å²) in [5.74, 6) is 6.98. The zero-order valence-corrected chi connectivity index (χ0v) is 16.5. The Morgan fingerprint density at radius 2 is 1.79 bits per heavy atom. The van der Waals surface area contributed by atoms with Crippen LogP contribution in [0.4, 0.5) is 0 Å². The summed E-state index contributed by atoms with van der Waals surface area (Å²) in [7, 11) is 3.57. The molecule has 4 rings (SSSR count). The highest BCUT2D eigenvalue weighted by Gasteiger charge is 2.14. The number of hydrogen-bond donors (Lipinski definition) is 0. The summed E-state index contributed by atoms with van der Waals surface area (Å²) in [4.78, 5) is 8.53. The fraction of sp³-hybridized carbons (Fsp3) is 0.125. The van der Waals surface area contributed by atoms with Gasteiger partial charge in [-0.05, 0) is 54.8 Å². The smallest absolute Gasteiger partial charge is 0.135 e. The van der Waals surface area contributed by atoms with Crippen LogP contribution in [0.2, 0.25) is 0 Å². The first-order valence-electron chi connectivity index (χ1n) is 9.22. The Balaban J connectivity index is 1.74. The van der Waals surface area contributed by atoms with Crippen molar-refractivity contribution in [2.45, 2.75) is 6.92 Å². The summed E-state index contributed by atoms with van der Waals surface area (Å²) in [6.45, 7) is 1.95. The van der Waals surface area contributed by atoms with Crippen LogP contribution < -0.4 is 4.74 Å². The normalized spacial score (nSPS) is 10.3. The molecule has 0 saturated carbocycles. The standard InChI is InChI=1S/C24H20N4O/c1-17-5-4-6-21(26-17)10-9-19-7-8-20(15-23(19)29-3)24-22(16-28(2)27-24)18-11-13-25-14-12-18/h4-8,11-16H,1-3H3. The largest absolute Gasteiger partial charge is 0.495 e. The van der Waals surface area contributed by atoms with E-state index < -0.39 is 0 Å². The van der Waals surface area contributed by atoms with Crippen LogP contribution in [-0.4, -0.2) is 26.9 Å². The number of methoxy groups -OCH3 is 1. The van der Waals surface area contributed by atoms with Crippen molar-refractivity contribution in [1.29, 1.82) is 0 Å². The maximum absolute atomic E-state index is 5.60. The zero-order chi connectivity index (χ0) is 20.2. The number of aromatic nitrogens is 4. The van der Waals surface area contributed by atoms with Gasteiger partial charge in [0.25, 0.3) is 0 Å². The van der Waals surface area contributed by atoms with Gasteiger partial charge in [0.1, 0.15) is 17.1 Å². The van der Waals surface area contributed by atoms with E-state index in [9.17, 15) is 0 Å². The van der Waals surface area contributed by atoms with E-state index >= 15 is 0 Å². The van der Waals surface area contributed by atoms with Crippen molar-refractivity contribution in [1.82, 2.24) is 19.7 Å². The Hall–Kier alpha value is -3.91. The third-order valence-electron chi connectivity index (χ3n) is 4.51. The maximum Gasteiger partial charge on any atom is 0.135 e. The number of pyridine rings is 2. The van der Waals surface area contributed by atoms with Crippen LogP contribution in [0.25, 0.3) is 22.4 Å². The average molecular weight is 380 g/mol. The van der Waals surface area contributed by atoms with Gasteiger partial charge in [0.15, 0.2) is 0 Å². The summed E-state index contributed by atoms with van der Waals surface area (Å²) in [6.07, 6.45) is 5.57. The van der Waals surface area contributed by atoms with Gasteiger partial charge in [0.05, 0.1) is 12.7 Å². The van der Waals surface area contributed by atoms with E-state index in [2.05, 4.69) is 26.9 Å². The summed E-state index contributed by atoms with van der Waals surface area (Å²) in [5, 5.41) is 4.66. The molecule has 4 aromatic rings. The minimum atomic E-state index is 0.703. The molecule has 0 spiro atoms. The third kappa shape index (κ3) is 4.02. The quantitative estimate of drug-likeness (QED) is 0.498. The minimum Gasteiger partial charge on any atom is -0.495 e. The topological polar surface area (TPSA) is 52.8 Å². The number of rotatable bonds is 3. The van der Waals surface area contributed by atoms with Gasteiger partial charge in [-0.15, -0.1) is 0 Å². The van der Waals surface area contributed by atoms with E-state index in [1.165, 1.54) is 0 Å². The van der Waals surface area contributed by atoms with E-state index in [0.29, 0.717) is 5.75 Å². The molecule has 0 aliphatic rings. The Morgan fingerprint density at radius 1 is 0.966 bits per heavy atom. The second-order valence-corrected chi connectivity index (χ2v) is 6.63. The van der Waals surface area contributed by atoms with Gasteiger partial charge in [-0.3, -0.25) is 9.67 Å². The van der Waals surface area contributed by atoms with E-state index in [4.69, 9.17) is 4.74 Å². The molecule has 0 bridgehead atoms. The van der Waals surface area contributed by atoms with E-state index in [1.807, 2.05) is 73.4 Å². The number of hydrogen-bond acceptors (Lipinski definition) is 4. The summed E-state index contributed by atoms with van der Waals surface area (Å²) >= 11 is 0. The van der Waals surface area contributed by atoms with Gasteiger partial charge < -0.3 is 4.74 Å². The first kappa shape index (κ1) is 18.5. The fourth-order valence-electron chi connectivity index (χ4n) is 3.13. The van der Waals surface area contributed by atoms with Crippen LogP contribution in [0.1, 0.15) is 17.0 Å². The van der Waals surface area contributed by atoms with Crippen LogP contribution in [-0.2, 0) is 7.05 Å². The van der Waals surface area contributed by atoms with Crippen LogP contribution >= 0.6 is 0 Å². The molecule has 0 atom stereocenters. The fourth-order valence-corrected chi connectivity index (χ4v) is 3.13. The second kappa shape index (κ2) is 7.99. The first-order valence-corrected chi connectivity index (χ1v) is 9.22. The van der Waals surface area contributed by atoms with Crippen molar-refractivity contribution in [3.05, 3.63) is 84.1 Å². The van der Waals surface area contributed by atoms with Gasteiger partial charge >= 0.3 is 0 Å². The molecule has 1 aromatic carbocycles. The molecule has 3 heterocycles. The lowest BCUT2D eigenvalue weighted by Gasteiger charge is -2.07. The molecule has 0 N–H and O–H groups in total. The zero-order valence-electron chi connectivity index (χ0n) is 16.5. The third-order valence-corrected chi connectivity index (χ3v) is 4.51. The maximum atomic E-state index is 5.60. The molecule has 3 aromatic heterocycles. The minimum absolute atomic E-state index is 0.703. The monoisotopic (exact) mass is 380 g/mol. The summed E-state index contributed by atoms with van der Waals surface area (Å²) < 4.78 is 7.42. The van der Waals surface area contributed by atoms with Crippen molar-refractivity contribution in [2.75, 3.05) is 7.11 Å². The van der Waals surface area contributed by atoms with Crippen LogP contribution in [0.3, 0.4) is 0 Å². The number of benzene rings is 1. The Labute approximate surface area is 170 Å². The van der Waals surface area contributed by atoms with Crippen molar-refractivity contribution >= 4 is 0 Å². The molecule has 29 heavy (non-hydrogen) atoms. The van der Waals surface area contributed by atoms with Crippen LogP contribution in [0, 0.1) is 18.8 Å². The van der Waals surface area contributed by atoms with Crippen molar-refractivity contribution in [3.63, 3.8) is 0 Å². The number of ether oxygens (including phenoxy) is 1. The van der Waals surface area contributed by atoms with Crippen molar-refractivity contribution < 1.29 is 4.74 Å². The molecular weight excluding hydrogens is 360 g/mol. The van der Waals surface area contributed by atoms with E-state index in [0.717, 1.165) is 39.3 Å². The van der Waals surface area contributed by atoms with Crippen molar-refractivity contribution in [3.8, 4) is 40.0 Å². The highest BCUT2D eigenvalue weighted by atomic mass is 16.5. The highest BCUT2D eigenvalue weighted by Crippen LogP contribution is 2.33. The number of aryl methyl sites for hydroxylation is 2. The molecule has 0 radical (unpaired) electrons. The van der Waals surface area contributed by atoms with Gasteiger partial charge in [0, 0.05) is 42.5 Å². The molecule has 0 aliphatic heterocycles. The first-order chi connectivity index (χ1) is 14.1. The average Bonchev–Trinajstić information content (AvgIpc) is 3.14. The molecule has 0 unspecified atom stereocenters. The molecule has 0 saturated heterocycles. The molecular formula is C24H20N4O. The van der Waals surface area contributed by atoms with Gasteiger partial charge in [0.2, 0.25) is 0 Å². The Kier molecular flexibility index (Phi) is 5.08. The Bertz CT molecular complexity index is 1220.